The zero-order chi connectivity index (χ0) is 24.0. The van der Waals surface area contributed by atoms with Crippen LogP contribution in [0.4, 0.5) is 15.5 Å². The topological polar surface area (TPSA) is 49.8 Å². The van der Waals surface area contributed by atoms with Gasteiger partial charge in [-0.2, -0.15) is 0 Å². The van der Waals surface area contributed by atoms with Crippen molar-refractivity contribution < 1.29 is 18.7 Å². The molecule has 3 aromatic rings. The summed E-state index contributed by atoms with van der Waals surface area (Å²) in [5.74, 6) is 0.149. The standard InChI is InChI=1S/C28H32FNO3Si/c1-18-24(33-25(16-17-31)27(18)34(2,3)29)15-12-19-10-13-21(14-11-19)30-23-9-5-7-20-6-4-8-22(26(20)23)28(30)32/h4-11,13-14,18,24-25,27,31H,12,15-17H2,1-3H3/t18-,24+,25-,27+/m0/s1. The van der Waals surface area contributed by atoms with E-state index >= 15 is 4.11 Å². The second-order valence-corrected chi connectivity index (χ2v) is 14.0. The molecule has 34 heavy (non-hydrogen) atoms. The lowest BCUT2D eigenvalue weighted by Crippen LogP contribution is -2.36. The van der Waals surface area contributed by atoms with Crippen molar-refractivity contribution in [3.8, 4) is 0 Å². The number of carbonyl (C=O) groups excluding carboxylic acids is 1. The van der Waals surface area contributed by atoms with Crippen LogP contribution in [0.15, 0.2) is 60.7 Å². The molecule has 3 aromatic carbocycles. The molecular weight excluding hydrogens is 445 g/mol. The van der Waals surface area contributed by atoms with Gasteiger partial charge in [0.2, 0.25) is 8.41 Å². The Morgan fingerprint density at radius 2 is 1.71 bits per heavy atom. The summed E-state index contributed by atoms with van der Waals surface area (Å²) in [5, 5.41) is 11.5. The van der Waals surface area contributed by atoms with Crippen LogP contribution in [0.3, 0.4) is 0 Å². The maximum absolute atomic E-state index is 15.0. The predicted molar refractivity (Wildman–Crippen MR) is 137 cm³/mol. The largest absolute Gasteiger partial charge is 0.396 e. The molecule has 0 aromatic heterocycles. The number of hydrogen-bond donors (Lipinski definition) is 1. The Labute approximate surface area is 201 Å². The van der Waals surface area contributed by atoms with E-state index in [0.717, 1.165) is 40.6 Å². The molecule has 1 N–H and O–H groups in total. The van der Waals surface area contributed by atoms with E-state index in [1.165, 1.54) is 5.56 Å². The van der Waals surface area contributed by atoms with Crippen molar-refractivity contribution in [1.82, 2.24) is 0 Å². The third kappa shape index (κ3) is 3.98. The number of nitrogens with zero attached hydrogens (tertiary/aromatic N) is 1. The van der Waals surface area contributed by atoms with Crippen molar-refractivity contribution in [2.45, 2.75) is 57.0 Å². The van der Waals surface area contributed by atoms with E-state index in [9.17, 15) is 9.90 Å². The summed E-state index contributed by atoms with van der Waals surface area (Å²) in [6.45, 7) is 5.63. The molecule has 0 bridgehead atoms. The van der Waals surface area contributed by atoms with Gasteiger partial charge in [-0.1, -0.05) is 43.3 Å². The summed E-state index contributed by atoms with van der Waals surface area (Å²) in [6, 6.07) is 20.0. The van der Waals surface area contributed by atoms with Gasteiger partial charge < -0.3 is 14.0 Å². The lowest BCUT2D eigenvalue weighted by Gasteiger charge is -2.28. The first-order chi connectivity index (χ1) is 16.3. The van der Waals surface area contributed by atoms with E-state index < -0.39 is 8.41 Å². The summed E-state index contributed by atoms with van der Waals surface area (Å²) >= 11 is 0. The van der Waals surface area contributed by atoms with Crippen LogP contribution in [0.25, 0.3) is 10.8 Å². The minimum atomic E-state index is -2.89. The molecule has 0 unspecified atom stereocenters. The predicted octanol–water partition coefficient (Wildman–Crippen LogP) is 6.40. The van der Waals surface area contributed by atoms with Gasteiger partial charge in [0.05, 0.1) is 23.5 Å². The van der Waals surface area contributed by atoms with Crippen LogP contribution in [0, 0.1) is 5.92 Å². The fourth-order valence-electron chi connectivity index (χ4n) is 6.07. The number of aliphatic hydroxyl groups excluding tert-OH is 1. The maximum atomic E-state index is 15.0. The Balaban J connectivity index is 1.30. The lowest BCUT2D eigenvalue weighted by molar-refractivity contribution is 0.0193. The SMILES string of the molecule is C[C@@H]1[C@@H]([Si](C)(C)F)[C@H](CCO)O[C@@H]1CCc1ccc(N2C(=O)c3cccc4cccc2c34)cc1. The third-order valence-electron chi connectivity index (χ3n) is 7.58. The van der Waals surface area contributed by atoms with Crippen LogP contribution in [-0.2, 0) is 11.2 Å². The van der Waals surface area contributed by atoms with Crippen LogP contribution in [-0.4, -0.2) is 38.2 Å². The van der Waals surface area contributed by atoms with E-state index in [1.807, 2.05) is 48.5 Å². The molecule has 0 aliphatic carbocycles. The Bertz CT molecular complexity index is 1200. The average molecular weight is 478 g/mol. The number of benzene rings is 3. The Morgan fingerprint density at radius 3 is 2.38 bits per heavy atom. The molecule has 1 fully saturated rings. The Hall–Kier alpha value is -2.54. The van der Waals surface area contributed by atoms with Crippen molar-refractivity contribution in [3.05, 3.63) is 71.8 Å². The summed E-state index contributed by atoms with van der Waals surface area (Å²) in [7, 11) is -2.89. The zero-order valence-electron chi connectivity index (χ0n) is 20.0. The van der Waals surface area contributed by atoms with Crippen molar-refractivity contribution in [2.75, 3.05) is 11.5 Å². The van der Waals surface area contributed by atoms with E-state index in [4.69, 9.17) is 4.74 Å². The first kappa shape index (κ1) is 23.2. The number of aliphatic hydroxyl groups is 1. The minimum absolute atomic E-state index is 0.00369. The van der Waals surface area contributed by atoms with Crippen LogP contribution >= 0.6 is 0 Å². The number of halogens is 1. The maximum Gasteiger partial charge on any atom is 0.263 e. The molecule has 1 saturated heterocycles. The Kier molecular flexibility index (Phi) is 6.08. The highest BCUT2D eigenvalue weighted by atomic mass is 28.4. The van der Waals surface area contributed by atoms with Crippen LogP contribution in [0.5, 0.6) is 0 Å². The minimum Gasteiger partial charge on any atom is -0.396 e. The summed E-state index contributed by atoms with van der Waals surface area (Å²) in [5.41, 5.74) is 3.61. The van der Waals surface area contributed by atoms with E-state index in [-0.39, 0.29) is 36.2 Å². The molecule has 0 radical (unpaired) electrons. The number of anilines is 2. The Morgan fingerprint density at radius 1 is 1.00 bits per heavy atom. The van der Waals surface area contributed by atoms with E-state index in [1.54, 1.807) is 18.0 Å². The molecule has 0 spiro atoms. The van der Waals surface area contributed by atoms with Gasteiger partial charge in [-0.15, -0.1) is 0 Å². The molecule has 2 heterocycles. The highest BCUT2D eigenvalue weighted by Crippen LogP contribution is 2.47. The van der Waals surface area contributed by atoms with E-state index in [0.29, 0.717) is 6.42 Å². The van der Waals surface area contributed by atoms with Gasteiger partial charge in [0.15, 0.2) is 0 Å². The third-order valence-corrected chi connectivity index (χ3v) is 10.1. The molecule has 2 aliphatic heterocycles. The molecule has 6 heteroatoms. The zero-order valence-corrected chi connectivity index (χ0v) is 21.0. The average Bonchev–Trinajstić information content (AvgIpc) is 3.28. The second-order valence-electron chi connectivity index (χ2n) is 10.2. The van der Waals surface area contributed by atoms with Gasteiger partial charge >= 0.3 is 0 Å². The number of rotatable bonds is 7. The van der Waals surface area contributed by atoms with Crippen molar-refractivity contribution in [1.29, 1.82) is 0 Å². The molecular formula is C28H32FNO3Si. The quantitative estimate of drug-likeness (QED) is 0.317. The molecule has 1 amide bonds. The molecule has 2 aliphatic rings. The fraction of sp³-hybridized carbons (Fsp3) is 0.393. The van der Waals surface area contributed by atoms with Crippen LogP contribution in [0.2, 0.25) is 18.6 Å². The van der Waals surface area contributed by atoms with Gasteiger partial charge in [0.25, 0.3) is 5.91 Å². The van der Waals surface area contributed by atoms with E-state index in [2.05, 4.69) is 19.1 Å². The highest BCUT2D eigenvalue weighted by molar-refractivity contribution is 6.72. The van der Waals surface area contributed by atoms with Gasteiger partial charge in [-0.3, -0.25) is 9.69 Å². The fourth-order valence-corrected chi connectivity index (χ4v) is 8.66. The molecule has 0 saturated carbocycles. The first-order valence-corrected chi connectivity index (χ1v) is 15.2. The monoisotopic (exact) mass is 477 g/mol. The molecule has 4 atom stereocenters. The first-order valence-electron chi connectivity index (χ1n) is 12.2. The summed E-state index contributed by atoms with van der Waals surface area (Å²) in [4.78, 5) is 15.0. The normalized spacial score (nSPS) is 24.4. The van der Waals surface area contributed by atoms with Crippen LogP contribution in [0.1, 0.15) is 35.7 Å². The number of aryl methyl sites for hydroxylation is 1. The van der Waals surface area contributed by atoms with Crippen molar-refractivity contribution >= 4 is 36.5 Å². The molecule has 178 valence electrons. The smallest absolute Gasteiger partial charge is 0.263 e. The van der Waals surface area contributed by atoms with Crippen molar-refractivity contribution in [2.24, 2.45) is 5.92 Å². The summed E-state index contributed by atoms with van der Waals surface area (Å²) < 4.78 is 21.2. The number of ether oxygens (including phenoxy) is 1. The number of amides is 1. The highest BCUT2D eigenvalue weighted by Gasteiger charge is 2.50. The van der Waals surface area contributed by atoms with Crippen LogP contribution < -0.4 is 4.90 Å². The number of carbonyl (C=O) groups is 1. The van der Waals surface area contributed by atoms with Gasteiger partial charge in [0, 0.05) is 23.2 Å². The van der Waals surface area contributed by atoms with Gasteiger partial charge in [-0.25, -0.2) is 0 Å². The molecule has 5 rings (SSSR count). The van der Waals surface area contributed by atoms with Gasteiger partial charge in [0.1, 0.15) is 0 Å². The second kappa shape index (κ2) is 8.91. The lowest BCUT2D eigenvalue weighted by atomic mass is 9.95. The molecule has 4 nitrogen and oxygen atoms in total. The van der Waals surface area contributed by atoms with Crippen molar-refractivity contribution in [3.63, 3.8) is 0 Å². The van der Waals surface area contributed by atoms with Gasteiger partial charge in [-0.05, 0) is 73.5 Å². The summed E-state index contributed by atoms with van der Waals surface area (Å²) in [6.07, 6.45) is 1.95. The number of hydrogen-bond acceptors (Lipinski definition) is 3.